The predicted molar refractivity (Wildman–Crippen MR) is 68.4 cm³/mol. The molecule has 0 unspecified atom stereocenters. The number of nitro benzene ring substituents is 1. The van der Waals surface area contributed by atoms with Gasteiger partial charge in [0.1, 0.15) is 23.1 Å². The average molecular weight is 280 g/mol. The molecule has 2 rings (SSSR count). The molecule has 2 N–H and O–H groups in total. The van der Waals surface area contributed by atoms with Crippen molar-refractivity contribution in [1.82, 2.24) is 0 Å². The van der Waals surface area contributed by atoms with Gasteiger partial charge in [-0.15, -0.1) is 0 Å². The summed E-state index contributed by atoms with van der Waals surface area (Å²) < 4.78 is 26.0. The predicted octanol–water partition coefficient (Wildman–Crippen LogP) is 3.19. The van der Waals surface area contributed by atoms with Gasteiger partial charge in [-0.3, -0.25) is 10.1 Å². The van der Waals surface area contributed by atoms with Gasteiger partial charge in [0.05, 0.1) is 11.0 Å². The lowest BCUT2D eigenvalue weighted by Gasteiger charge is -2.08. The molecule has 0 saturated carbocycles. The third kappa shape index (κ3) is 3.19. The number of phenolic OH excluding ortho intramolecular Hbond substituents is 1. The molecule has 0 bridgehead atoms. The van der Waals surface area contributed by atoms with Crippen molar-refractivity contribution in [2.45, 2.75) is 6.54 Å². The van der Waals surface area contributed by atoms with Crippen molar-refractivity contribution in [3.05, 3.63) is 63.7 Å². The van der Waals surface area contributed by atoms with E-state index in [0.717, 1.165) is 24.3 Å². The molecule has 0 amide bonds. The van der Waals surface area contributed by atoms with E-state index in [9.17, 15) is 24.0 Å². The maximum atomic E-state index is 13.0. The van der Waals surface area contributed by atoms with E-state index in [1.807, 2.05) is 0 Å². The lowest BCUT2D eigenvalue weighted by Crippen LogP contribution is -2.03. The van der Waals surface area contributed by atoms with Crippen LogP contribution in [0, 0.1) is 21.7 Å². The highest BCUT2D eigenvalue weighted by molar-refractivity contribution is 5.63. The van der Waals surface area contributed by atoms with Crippen LogP contribution in [0.4, 0.5) is 20.2 Å². The van der Waals surface area contributed by atoms with E-state index in [1.54, 1.807) is 0 Å². The fraction of sp³-hybridized carbons (Fsp3) is 0.0769. The molecule has 2 aromatic rings. The molecular weight excluding hydrogens is 270 g/mol. The molecule has 0 aliphatic rings. The fourth-order valence-corrected chi connectivity index (χ4v) is 1.73. The number of nitro groups is 1. The summed E-state index contributed by atoms with van der Waals surface area (Å²) in [4.78, 5) is 10.2. The first-order chi connectivity index (χ1) is 9.45. The summed E-state index contributed by atoms with van der Waals surface area (Å²) in [5, 5.41) is 22.7. The maximum absolute atomic E-state index is 13.0. The summed E-state index contributed by atoms with van der Waals surface area (Å²) in [7, 11) is 0. The zero-order chi connectivity index (χ0) is 14.7. The lowest BCUT2D eigenvalue weighted by molar-refractivity contribution is -0.384. The van der Waals surface area contributed by atoms with Gasteiger partial charge in [-0.25, -0.2) is 8.78 Å². The summed E-state index contributed by atoms with van der Waals surface area (Å²) in [6.45, 7) is 0.0142. The smallest absolute Gasteiger partial charge is 0.296 e. The van der Waals surface area contributed by atoms with Crippen LogP contribution in [-0.2, 0) is 6.54 Å². The summed E-state index contributed by atoms with van der Waals surface area (Å²) >= 11 is 0. The topological polar surface area (TPSA) is 75.4 Å². The largest absolute Gasteiger partial charge is 0.508 e. The normalized spacial score (nSPS) is 10.3. The highest BCUT2D eigenvalue weighted by atomic mass is 19.1. The zero-order valence-electron chi connectivity index (χ0n) is 10.1. The molecule has 0 saturated heterocycles. The quantitative estimate of drug-likeness (QED) is 0.512. The zero-order valence-corrected chi connectivity index (χ0v) is 10.1. The molecule has 20 heavy (non-hydrogen) atoms. The van der Waals surface area contributed by atoms with Crippen molar-refractivity contribution in [3.8, 4) is 5.75 Å². The van der Waals surface area contributed by atoms with Crippen molar-refractivity contribution in [2.75, 3.05) is 5.32 Å². The number of hydrogen-bond acceptors (Lipinski definition) is 4. The van der Waals surface area contributed by atoms with E-state index < -0.39 is 16.6 Å². The van der Waals surface area contributed by atoms with Crippen LogP contribution in [0.2, 0.25) is 0 Å². The molecule has 104 valence electrons. The van der Waals surface area contributed by atoms with Gasteiger partial charge in [-0.1, -0.05) is 0 Å². The van der Waals surface area contributed by atoms with Crippen molar-refractivity contribution < 1.29 is 18.8 Å². The molecule has 0 heterocycles. The second-order valence-electron chi connectivity index (χ2n) is 4.09. The van der Waals surface area contributed by atoms with Crippen LogP contribution in [-0.4, -0.2) is 10.0 Å². The minimum atomic E-state index is -0.720. The monoisotopic (exact) mass is 280 g/mol. The number of hydrogen-bond donors (Lipinski definition) is 2. The molecule has 0 fully saturated rings. The number of halogens is 2. The molecule has 0 aliphatic carbocycles. The Bertz CT molecular complexity index is 642. The Morgan fingerprint density at radius 3 is 2.40 bits per heavy atom. The third-order valence-electron chi connectivity index (χ3n) is 2.58. The SMILES string of the molecule is O=[N+]([O-])c1cc(O)ccc1NCc1cc(F)cc(F)c1. The van der Waals surface area contributed by atoms with Crippen LogP contribution in [0.25, 0.3) is 0 Å². The van der Waals surface area contributed by atoms with Gasteiger partial charge in [-0.05, 0) is 29.8 Å². The number of phenols is 1. The van der Waals surface area contributed by atoms with Crippen LogP contribution in [0.15, 0.2) is 36.4 Å². The minimum absolute atomic E-state index is 0.0142. The van der Waals surface area contributed by atoms with Gasteiger partial charge in [-0.2, -0.15) is 0 Å². The molecule has 0 atom stereocenters. The minimum Gasteiger partial charge on any atom is -0.508 e. The molecule has 7 heteroatoms. The summed E-state index contributed by atoms with van der Waals surface area (Å²) in [5.74, 6) is -1.68. The van der Waals surface area contributed by atoms with Gasteiger partial charge >= 0.3 is 0 Å². The Morgan fingerprint density at radius 2 is 1.80 bits per heavy atom. The van der Waals surface area contributed by atoms with Crippen LogP contribution in [0.5, 0.6) is 5.75 Å². The van der Waals surface area contributed by atoms with Crippen LogP contribution in [0.1, 0.15) is 5.56 Å². The fourth-order valence-electron chi connectivity index (χ4n) is 1.73. The van der Waals surface area contributed by atoms with Crippen LogP contribution < -0.4 is 5.32 Å². The Hall–Kier alpha value is -2.70. The Morgan fingerprint density at radius 1 is 1.15 bits per heavy atom. The number of rotatable bonds is 4. The molecule has 0 radical (unpaired) electrons. The highest BCUT2D eigenvalue weighted by Crippen LogP contribution is 2.28. The van der Waals surface area contributed by atoms with Gasteiger partial charge in [0.2, 0.25) is 0 Å². The number of nitrogens with one attached hydrogen (secondary N) is 1. The van der Waals surface area contributed by atoms with Crippen molar-refractivity contribution in [1.29, 1.82) is 0 Å². The first-order valence-corrected chi connectivity index (χ1v) is 5.62. The summed E-state index contributed by atoms with van der Waals surface area (Å²) in [6, 6.07) is 6.59. The van der Waals surface area contributed by atoms with Crippen molar-refractivity contribution in [3.63, 3.8) is 0 Å². The first kappa shape index (κ1) is 13.7. The van der Waals surface area contributed by atoms with Crippen molar-refractivity contribution >= 4 is 11.4 Å². The van der Waals surface area contributed by atoms with Crippen molar-refractivity contribution in [2.24, 2.45) is 0 Å². The standard InChI is InChI=1S/C13H10F2N2O3/c14-9-3-8(4-10(15)5-9)7-16-12-2-1-11(18)6-13(12)17(19)20/h1-6,16,18H,7H2. The Kier molecular flexibility index (Phi) is 3.79. The van der Waals surface area contributed by atoms with Gasteiger partial charge < -0.3 is 10.4 Å². The maximum Gasteiger partial charge on any atom is 0.296 e. The summed E-state index contributed by atoms with van der Waals surface area (Å²) in [6.07, 6.45) is 0. The van der Waals surface area contributed by atoms with E-state index in [-0.39, 0.29) is 23.7 Å². The Balaban J connectivity index is 2.20. The molecule has 0 spiro atoms. The average Bonchev–Trinajstić information content (AvgIpc) is 2.36. The van der Waals surface area contributed by atoms with E-state index in [4.69, 9.17) is 0 Å². The Labute approximate surface area is 112 Å². The second-order valence-corrected chi connectivity index (χ2v) is 4.09. The molecule has 0 aliphatic heterocycles. The first-order valence-electron chi connectivity index (χ1n) is 5.62. The lowest BCUT2D eigenvalue weighted by atomic mass is 10.2. The van der Waals surface area contributed by atoms with Gasteiger partial charge in [0.15, 0.2) is 0 Å². The molecular formula is C13H10F2N2O3. The number of aromatic hydroxyl groups is 1. The molecule has 0 aromatic heterocycles. The number of nitrogens with zero attached hydrogens (tertiary/aromatic N) is 1. The van der Waals surface area contributed by atoms with Crippen LogP contribution in [0.3, 0.4) is 0 Å². The van der Waals surface area contributed by atoms with E-state index in [2.05, 4.69) is 5.32 Å². The van der Waals surface area contributed by atoms with E-state index in [0.29, 0.717) is 5.56 Å². The van der Waals surface area contributed by atoms with Gasteiger partial charge in [0, 0.05) is 12.6 Å². The van der Waals surface area contributed by atoms with E-state index in [1.165, 1.54) is 12.1 Å². The molecule has 5 nitrogen and oxygen atoms in total. The number of benzene rings is 2. The van der Waals surface area contributed by atoms with Crippen LogP contribution >= 0.6 is 0 Å². The molecule has 2 aromatic carbocycles. The number of anilines is 1. The van der Waals surface area contributed by atoms with E-state index >= 15 is 0 Å². The highest BCUT2D eigenvalue weighted by Gasteiger charge is 2.14. The third-order valence-corrected chi connectivity index (χ3v) is 2.58. The van der Waals surface area contributed by atoms with Gasteiger partial charge in [0.25, 0.3) is 5.69 Å². The summed E-state index contributed by atoms with van der Waals surface area (Å²) in [5.41, 5.74) is 0.143. The second kappa shape index (κ2) is 5.52.